The maximum Gasteiger partial charge on any atom is 0.315 e. The number of carbonyl (C=O) groups is 2. The average Bonchev–Trinajstić information content (AvgIpc) is 3.15. The first-order valence-electron chi connectivity index (χ1n) is 9.20. The van der Waals surface area contributed by atoms with Crippen molar-refractivity contribution in [1.29, 1.82) is 0 Å². The molecule has 1 aliphatic carbocycles. The van der Waals surface area contributed by atoms with Crippen LogP contribution in [0.5, 0.6) is 0 Å². The van der Waals surface area contributed by atoms with Gasteiger partial charge < -0.3 is 15.4 Å². The third-order valence-corrected chi connectivity index (χ3v) is 6.33. The fraction of sp³-hybridized carbons (Fsp3) is 0.350. The Bertz CT molecular complexity index is 844. The van der Waals surface area contributed by atoms with Gasteiger partial charge in [-0.05, 0) is 48.2 Å². The maximum atomic E-state index is 12.6. The lowest BCUT2D eigenvalue weighted by Gasteiger charge is -2.31. The van der Waals surface area contributed by atoms with Crippen LogP contribution in [0.1, 0.15) is 19.3 Å². The van der Waals surface area contributed by atoms with Gasteiger partial charge in [0.05, 0.1) is 4.90 Å². The van der Waals surface area contributed by atoms with Crippen LogP contribution in [0.25, 0.3) is 11.1 Å². The summed E-state index contributed by atoms with van der Waals surface area (Å²) in [5, 5.41) is 5.26. The smallest absolute Gasteiger partial charge is 0.315 e. The Morgan fingerprint density at radius 1 is 1.21 bits per heavy atom. The standard InChI is InChI=1S/C20H24N4O3S/c1-21-19(26)24-20(14-25)10-2-3-17(20)13-23-28(27)18-6-4-15(5-7-18)16-8-11-22-12-9-16/h4-9,11-12,14,17,23H,2-3,10,13H2,1H3,(H2,21,24,26). The molecule has 148 valence electrons. The molecular formula is C20H24N4O3S. The summed E-state index contributed by atoms with van der Waals surface area (Å²) in [5.74, 6) is -0.109. The largest absolute Gasteiger partial charge is 0.341 e. The van der Waals surface area contributed by atoms with E-state index in [1.807, 2.05) is 36.4 Å². The zero-order valence-corrected chi connectivity index (χ0v) is 16.5. The molecule has 8 heteroatoms. The quantitative estimate of drug-likeness (QED) is 0.619. The van der Waals surface area contributed by atoms with Gasteiger partial charge in [-0.3, -0.25) is 4.98 Å². The SMILES string of the molecule is CNC(=O)NC1(C=O)CCCC1CNS(=O)c1ccc(-c2ccncc2)cc1. The second kappa shape index (κ2) is 9.07. The van der Waals surface area contributed by atoms with E-state index in [9.17, 15) is 13.8 Å². The molecule has 1 fully saturated rings. The fourth-order valence-electron chi connectivity index (χ4n) is 3.58. The normalized spacial score (nSPS) is 22.4. The van der Waals surface area contributed by atoms with E-state index in [0.717, 1.165) is 30.3 Å². The number of rotatable bonds is 7. The molecule has 0 radical (unpaired) electrons. The monoisotopic (exact) mass is 400 g/mol. The predicted molar refractivity (Wildman–Crippen MR) is 108 cm³/mol. The van der Waals surface area contributed by atoms with E-state index in [0.29, 0.717) is 17.9 Å². The van der Waals surface area contributed by atoms with Crippen molar-refractivity contribution in [2.45, 2.75) is 29.7 Å². The Morgan fingerprint density at radius 2 is 1.89 bits per heavy atom. The second-order valence-electron chi connectivity index (χ2n) is 6.83. The van der Waals surface area contributed by atoms with Crippen LogP contribution in [0.2, 0.25) is 0 Å². The van der Waals surface area contributed by atoms with Crippen molar-refractivity contribution in [3.05, 3.63) is 48.8 Å². The Kier molecular flexibility index (Phi) is 6.53. The third-order valence-electron chi connectivity index (χ3n) is 5.20. The molecule has 1 aromatic heterocycles. The number of nitrogens with one attached hydrogen (secondary N) is 3. The minimum absolute atomic E-state index is 0.109. The molecular weight excluding hydrogens is 376 g/mol. The first-order valence-corrected chi connectivity index (χ1v) is 10.3. The molecule has 1 aromatic carbocycles. The molecule has 2 amide bonds. The van der Waals surface area contributed by atoms with Crippen molar-refractivity contribution in [2.24, 2.45) is 5.92 Å². The van der Waals surface area contributed by atoms with E-state index < -0.39 is 16.5 Å². The molecule has 3 atom stereocenters. The Hall–Kier alpha value is -2.58. The maximum absolute atomic E-state index is 12.6. The van der Waals surface area contributed by atoms with Crippen molar-refractivity contribution < 1.29 is 13.8 Å². The number of urea groups is 1. The van der Waals surface area contributed by atoms with Gasteiger partial charge in [0.1, 0.15) is 22.8 Å². The molecule has 0 aliphatic heterocycles. The zero-order chi connectivity index (χ0) is 20.0. The van der Waals surface area contributed by atoms with E-state index >= 15 is 0 Å². The van der Waals surface area contributed by atoms with Crippen molar-refractivity contribution >= 4 is 23.3 Å². The minimum Gasteiger partial charge on any atom is -0.341 e. The van der Waals surface area contributed by atoms with Gasteiger partial charge in [0.25, 0.3) is 0 Å². The highest BCUT2D eigenvalue weighted by Crippen LogP contribution is 2.34. The lowest BCUT2D eigenvalue weighted by Crippen LogP contribution is -2.56. The molecule has 7 nitrogen and oxygen atoms in total. The number of nitrogens with zero attached hydrogens (tertiary/aromatic N) is 1. The minimum atomic E-state index is -1.40. The molecule has 0 saturated heterocycles. The number of pyridine rings is 1. The highest BCUT2D eigenvalue weighted by molar-refractivity contribution is 7.83. The summed E-state index contributed by atoms with van der Waals surface area (Å²) in [7, 11) is 0.114. The summed E-state index contributed by atoms with van der Waals surface area (Å²) in [6.07, 6.45) is 6.49. The Labute approximate surface area is 166 Å². The van der Waals surface area contributed by atoms with Gasteiger partial charge >= 0.3 is 6.03 Å². The summed E-state index contributed by atoms with van der Waals surface area (Å²) in [4.78, 5) is 28.1. The van der Waals surface area contributed by atoms with Gasteiger partial charge in [-0.1, -0.05) is 18.6 Å². The van der Waals surface area contributed by atoms with E-state index in [1.54, 1.807) is 12.4 Å². The predicted octanol–water partition coefficient (Wildman–Crippen LogP) is 2.03. The highest BCUT2D eigenvalue weighted by atomic mass is 32.2. The number of hydrogen-bond acceptors (Lipinski definition) is 4. The first kappa shape index (κ1) is 20.2. The lowest BCUT2D eigenvalue weighted by atomic mass is 9.88. The summed E-state index contributed by atoms with van der Waals surface area (Å²) in [5.41, 5.74) is 1.15. The number of amides is 2. The molecule has 1 saturated carbocycles. The van der Waals surface area contributed by atoms with Gasteiger partial charge in [0.15, 0.2) is 0 Å². The van der Waals surface area contributed by atoms with E-state index in [-0.39, 0.29) is 11.9 Å². The third kappa shape index (κ3) is 4.45. The van der Waals surface area contributed by atoms with E-state index in [4.69, 9.17) is 0 Å². The molecule has 28 heavy (non-hydrogen) atoms. The van der Waals surface area contributed by atoms with Gasteiger partial charge in [-0.15, -0.1) is 0 Å². The van der Waals surface area contributed by atoms with Crippen LogP contribution in [0.15, 0.2) is 53.7 Å². The first-order chi connectivity index (χ1) is 13.6. The lowest BCUT2D eigenvalue weighted by molar-refractivity contribution is -0.114. The Balaban J connectivity index is 1.63. The summed E-state index contributed by atoms with van der Waals surface area (Å²) in [6, 6.07) is 10.9. The molecule has 1 heterocycles. The molecule has 0 bridgehead atoms. The molecule has 1 aliphatic rings. The van der Waals surface area contributed by atoms with Gasteiger partial charge in [-0.2, -0.15) is 0 Å². The second-order valence-corrected chi connectivity index (χ2v) is 8.13. The van der Waals surface area contributed by atoms with E-state index in [2.05, 4.69) is 20.3 Å². The van der Waals surface area contributed by atoms with Gasteiger partial charge in [-0.25, -0.2) is 13.7 Å². The van der Waals surface area contributed by atoms with Crippen LogP contribution in [0.4, 0.5) is 4.79 Å². The molecule has 2 aromatic rings. The van der Waals surface area contributed by atoms with Crippen LogP contribution >= 0.6 is 0 Å². The van der Waals surface area contributed by atoms with Crippen molar-refractivity contribution in [2.75, 3.05) is 13.6 Å². The van der Waals surface area contributed by atoms with Crippen LogP contribution in [-0.4, -0.2) is 40.6 Å². The zero-order valence-electron chi connectivity index (χ0n) is 15.7. The Morgan fingerprint density at radius 3 is 2.54 bits per heavy atom. The van der Waals surface area contributed by atoms with Crippen LogP contribution in [0, 0.1) is 5.92 Å². The molecule has 3 N–H and O–H groups in total. The summed E-state index contributed by atoms with van der Waals surface area (Å²) >= 11 is 0. The number of hydrogen-bond donors (Lipinski definition) is 3. The van der Waals surface area contributed by atoms with Crippen molar-refractivity contribution in [3.63, 3.8) is 0 Å². The van der Waals surface area contributed by atoms with Gasteiger partial charge in [0.2, 0.25) is 0 Å². The van der Waals surface area contributed by atoms with E-state index in [1.165, 1.54) is 7.05 Å². The van der Waals surface area contributed by atoms with Gasteiger partial charge in [0, 0.05) is 31.9 Å². The molecule has 3 unspecified atom stereocenters. The van der Waals surface area contributed by atoms with Crippen molar-refractivity contribution in [1.82, 2.24) is 20.3 Å². The number of carbonyl (C=O) groups excluding carboxylic acids is 2. The van der Waals surface area contributed by atoms with Crippen molar-refractivity contribution in [3.8, 4) is 11.1 Å². The number of aromatic nitrogens is 1. The average molecular weight is 401 g/mol. The summed E-state index contributed by atoms with van der Waals surface area (Å²) < 4.78 is 15.6. The fourth-order valence-corrected chi connectivity index (χ4v) is 4.49. The van der Waals surface area contributed by atoms with Crippen LogP contribution < -0.4 is 15.4 Å². The highest BCUT2D eigenvalue weighted by Gasteiger charge is 2.44. The molecule has 3 rings (SSSR count). The number of aldehydes is 1. The molecule has 0 spiro atoms. The number of benzene rings is 1. The van der Waals surface area contributed by atoms with Crippen LogP contribution in [0.3, 0.4) is 0 Å². The summed E-state index contributed by atoms with van der Waals surface area (Å²) in [6.45, 7) is 0.376. The van der Waals surface area contributed by atoms with Crippen LogP contribution in [-0.2, 0) is 15.8 Å². The topological polar surface area (TPSA) is 100 Å².